The zero-order chi connectivity index (χ0) is 13.7. The highest BCUT2D eigenvalue weighted by Crippen LogP contribution is 2.60. The van der Waals surface area contributed by atoms with Gasteiger partial charge in [-0.2, -0.15) is 0 Å². The Kier molecular flexibility index (Phi) is 2.71. The number of ether oxygens (including phenoxy) is 1. The van der Waals surface area contributed by atoms with Gasteiger partial charge in [-0.1, -0.05) is 31.5 Å². The molecule has 1 aliphatic carbocycles. The quantitative estimate of drug-likeness (QED) is 0.791. The molecule has 1 saturated carbocycles. The van der Waals surface area contributed by atoms with Crippen molar-refractivity contribution in [2.75, 3.05) is 0 Å². The second kappa shape index (κ2) is 4.07. The molecule has 19 heavy (non-hydrogen) atoms. The van der Waals surface area contributed by atoms with Crippen molar-refractivity contribution in [1.82, 2.24) is 0 Å². The minimum absolute atomic E-state index is 0.162. The number of carbonyl (C=O) groups excluding carboxylic acids is 1. The summed E-state index contributed by atoms with van der Waals surface area (Å²) >= 11 is 0. The van der Waals surface area contributed by atoms with Crippen molar-refractivity contribution in [3.05, 3.63) is 30.3 Å². The summed E-state index contributed by atoms with van der Waals surface area (Å²) < 4.78 is 29.3. The van der Waals surface area contributed by atoms with Crippen molar-refractivity contribution in [1.29, 1.82) is 0 Å². The van der Waals surface area contributed by atoms with Gasteiger partial charge in [-0.15, -0.1) is 0 Å². The molecule has 1 heterocycles. The van der Waals surface area contributed by atoms with E-state index in [4.69, 9.17) is 4.74 Å². The van der Waals surface area contributed by atoms with Gasteiger partial charge in [0.15, 0.2) is 14.6 Å². The molecule has 4 nitrogen and oxygen atoms in total. The number of hydrogen-bond acceptors (Lipinski definition) is 4. The summed E-state index contributed by atoms with van der Waals surface area (Å²) in [6.07, 6.45) is 1.81. The molecule has 0 bridgehead atoms. The smallest absolute Gasteiger partial charge is 0.328 e. The maximum atomic E-state index is 12.7. The largest absolute Gasteiger partial charge is 0.461 e. The summed E-state index contributed by atoms with van der Waals surface area (Å²) in [5.74, 6) is -0.718. The number of carbonyl (C=O) groups is 1. The minimum atomic E-state index is -3.64. The summed E-state index contributed by atoms with van der Waals surface area (Å²) in [5.41, 5.74) is 0. The van der Waals surface area contributed by atoms with E-state index in [2.05, 4.69) is 0 Å². The van der Waals surface area contributed by atoms with Crippen molar-refractivity contribution in [3.63, 3.8) is 0 Å². The molecule has 0 aromatic heterocycles. The van der Waals surface area contributed by atoms with Gasteiger partial charge in [0.2, 0.25) is 0 Å². The predicted octanol–water partition coefficient (Wildman–Crippen LogP) is 1.94. The maximum absolute atomic E-state index is 12.7. The van der Waals surface area contributed by atoms with Crippen LogP contribution in [0.1, 0.15) is 26.2 Å². The average molecular weight is 280 g/mol. The van der Waals surface area contributed by atoms with Crippen LogP contribution in [0.15, 0.2) is 35.2 Å². The first-order valence-electron chi connectivity index (χ1n) is 6.55. The van der Waals surface area contributed by atoms with Crippen LogP contribution < -0.4 is 0 Å². The molecule has 1 aliphatic heterocycles. The average Bonchev–Trinajstić information content (AvgIpc) is 3.11. The molecule has 1 aromatic rings. The molecule has 0 N–H and O–H groups in total. The van der Waals surface area contributed by atoms with Crippen LogP contribution in [0.4, 0.5) is 0 Å². The van der Waals surface area contributed by atoms with E-state index in [0.717, 1.165) is 12.8 Å². The van der Waals surface area contributed by atoms with Crippen LogP contribution in [-0.2, 0) is 19.4 Å². The van der Waals surface area contributed by atoms with E-state index in [1.54, 1.807) is 30.3 Å². The van der Waals surface area contributed by atoms with Gasteiger partial charge in [0.25, 0.3) is 0 Å². The standard InChI is InChI=1S/C14H16O4S/c1-2-6-12-11-9-14(11,13(15)18-12)19(16,17)10-7-4-3-5-8-10/h3-5,7-8,11-12H,2,6,9H2,1H3/t11-,12-,14+/m0/s1. The summed E-state index contributed by atoms with van der Waals surface area (Å²) in [6, 6.07) is 8.18. The molecule has 0 amide bonds. The second-order valence-electron chi connectivity index (χ2n) is 5.25. The molecular weight excluding hydrogens is 264 g/mol. The first-order valence-corrected chi connectivity index (χ1v) is 8.03. The zero-order valence-corrected chi connectivity index (χ0v) is 11.5. The highest BCUT2D eigenvalue weighted by atomic mass is 32.2. The van der Waals surface area contributed by atoms with Crippen molar-refractivity contribution in [3.8, 4) is 0 Å². The van der Waals surface area contributed by atoms with Gasteiger partial charge in [-0.05, 0) is 25.0 Å². The van der Waals surface area contributed by atoms with Gasteiger partial charge in [-0.3, -0.25) is 4.79 Å². The monoisotopic (exact) mass is 280 g/mol. The van der Waals surface area contributed by atoms with Crippen LogP contribution in [0.2, 0.25) is 0 Å². The number of rotatable bonds is 4. The Hall–Kier alpha value is -1.36. The van der Waals surface area contributed by atoms with Crippen LogP contribution in [0.3, 0.4) is 0 Å². The molecule has 1 saturated heterocycles. The third-order valence-corrected chi connectivity index (χ3v) is 6.61. The lowest BCUT2D eigenvalue weighted by molar-refractivity contribution is -0.144. The first kappa shape index (κ1) is 12.7. The number of cyclic esters (lactones) is 1. The Morgan fingerprint density at radius 2 is 2.00 bits per heavy atom. The van der Waals surface area contributed by atoms with E-state index in [-0.39, 0.29) is 16.9 Å². The third kappa shape index (κ3) is 1.57. The van der Waals surface area contributed by atoms with E-state index >= 15 is 0 Å². The lowest BCUT2D eigenvalue weighted by Gasteiger charge is -2.11. The highest BCUT2D eigenvalue weighted by Gasteiger charge is 2.77. The molecule has 3 atom stereocenters. The third-order valence-electron chi connectivity index (χ3n) is 4.12. The highest BCUT2D eigenvalue weighted by molar-refractivity contribution is 7.94. The van der Waals surface area contributed by atoms with Gasteiger partial charge in [0, 0.05) is 5.92 Å². The number of hydrogen-bond donors (Lipinski definition) is 0. The Labute approximate surface area is 112 Å². The molecule has 0 radical (unpaired) electrons. The molecule has 3 rings (SSSR count). The summed E-state index contributed by atoms with van der Waals surface area (Å²) in [5, 5.41) is 0. The molecular formula is C14H16O4S. The van der Waals surface area contributed by atoms with Gasteiger partial charge >= 0.3 is 5.97 Å². The van der Waals surface area contributed by atoms with E-state index < -0.39 is 20.6 Å². The van der Waals surface area contributed by atoms with Crippen LogP contribution in [0.5, 0.6) is 0 Å². The molecule has 0 unspecified atom stereocenters. The van der Waals surface area contributed by atoms with Crippen molar-refractivity contribution in [2.24, 2.45) is 5.92 Å². The lowest BCUT2D eigenvalue weighted by atomic mass is 10.1. The number of fused-ring (bicyclic) bond motifs is 1. The fourth-order valence-corrected chi connectivity index (χ4v) is 5.18. The van der Waals surface area contributed by atoms with Gasteiger partial charge in [0.1, 0.15) is 6.10 Å². The molecule has 5 heteroatoms. The SMILES string of the molecule is CCC[C@@H]1OC(=O)[C@@]2(S(=O)(=O)c3ccccc3)C[C@@H]12. The topological polar surface area (TPSA) is 60.4 Å². The zero-order valence-electron chi connectivity index (χ0n) is 10.7. The van der Waals surface area contributed by atoms with E-state index in [1.165, 1.54) is 0 Å². The molecule has 1 aromatic carbocycles. The molecule has 2 fully saturated rings. The summed E-state index contributed by atoms with van der Waals surface area (Å²) in [7, 11) is -3.64. The fraction of sp³-hybridized carbons (Fsp3) is 0.500. The molecule has 102 valence electrons. The van der Waals surface area contributed by atoms with E-state index in [9.17, 15) is 13.2 Å². The Balaban J connectivity index is 1.98. The van der Waals surface area contributed by atoms with Gasteiger partial charge < -0.3 is 4.74 Å². The molecule has 2 aliphatic rings. The second-order valence-corrected chi connectivity index (χ2v) is 7.46. The van der Waals surface area contributed by atoms with E-state index in [1.807, 2.05) is 6.92 Å². The van der Waals surface area contributed by atoms with E-state index in [0.29, 0.717) is 6.42 Å². The number of esters is 1. The van der Waals surface area contributed by atoms with Crippen molar-refractivity contribution >= 4 is 15.8 Å². The normalized spacial score (nSPS) is 32.8. The Morgan fingerprint density at radius 3 is 2.58 bits per heavy atom. The van der Waals surface area contributed by atoms with Crippen LogP contribution in [0, 0.1) is 5.92 Å². The lowest BCUT2D eigenvalue weighted by Crippen LogP contribution is -2.31. The first-order chi connectivity index (χ1) is 9.04. The minimum Gasteiger partial charge on any atom is -0.461 e. The van der Waals surface area contributed by atoms with Crippen LogP contribution in [-0.4, -0.2) is 25.2 Å². The summed E-state index contributed by atoms with van der Waals surface area (Å²) in [6.45, 7) is 2.00. The summed E-state index contributed by atoms with van der Waals surface area (Å²) in [4.78, 5) is 12.3. The van der Waals surface area contributed by atoms with Gasteiger partial charge in [-0.25, -0.2) is 8.42 Å². The van der Waals surface area contributed by atoms with Gasteiger partial charge in [0.05, 0.1) is 4.90 Å². The number of benzene rings is 1. The Bertz CT molecular complexity index is 608. The molecule has 0 spiro atoms. The maximum Gasteiger partial charge on any atom is 0.328 e. The van der Waals surface area contributed by atoms with Crippen LogP contribution >= 0.6 is 0 Å². The van der Waals surface area contributed by atoms with Crippen molar-refractivity contribution < 1.29 is 17.9 Å². The Morgan fingerprint density at radius 1 is 1.32 bits per heavy atom. The predicted molar refractivity (Wildman–Crippen MR) is 69.3 cm³/mol. The van der Waals surface area contributed by atoms with Crippen LogP contribution in [0.25, 0.3) is 0 Å². The van der Waals surface area contributed by atoms with Crippen molar-refractivity contribution in [2.45, 2.75) is 41.9 Å². The number of sulfone groups is 1. The fourth-order valence-electron chi connectivity index (χ4n) is 3.03.